The molecule has 1 N–H and O–H groups in total. The summed E-state index contributed by atoms with van der Waals surface area (Å²) in [5, 5.41) is 10.1. The summed E-state index contributed by atoms with van der Waals surface area (Å²) in [7, 11) is 2.39. The number of phenols is 1. The molecule has 120 valence electrons. The van der Waals surface area contributed by atoms with E-state index < -0.39 is 11.9 Å². The Balaban J connectivity index is 2.48. The van der Waals surface area contributed by atoms with E-state index in [4.69, 9.17) is 0 Å². The maximum atomic E-state index is 11.9. The summed E-state index contributed by atoms with van der Waals surface area (Å²) in [6, 6.07) is 10.7. The zero-order valence-corrected chi connectivity index (χ0v) is 13.8. The molecule has 2 aromatic rings. The molecule has 5 nitrogen and oxygen atoms in total. The number of hydrogen-bond donors (Lipinski definition) is 1. The molecule has 0 radical (unpaired) electrons. The van der Waals surface area contributed by atoms with E-state index in [9.17, 15) is 14.7 Å². The molecule has 0 aliphatic heterocycles. The lowest BCUT2D eigenvalue weighted by molar-refractivity contribution is 0.0552. The minimum atomic E-state index is -0.796. The van der Waals surface area contributed by atoms with E-state index in [0.29, 0.717) is 4.90 Å². The number of aryl methyl sites for hydroxylation is 1. The van der Waals surface area contributed by atoms with E-state index in [1.165, 1.54) is 38.1 Å². The topological polar surface area (TPSA) is 72.8 Å². The highest BCUT2D eigenvalue weighted by Gasteiger charge is 2.24. The van der Waals surface area contributed by atoms with Crippen LogP contribution in [0, 0.1) is 6.92 Å². The predicted molar refractivity (Wildman–Crippen MR) is 86.1 cm³/mol. The van der Waals surface area contributed by atoms with Crippen LogP contribution in [0.5, 0.6) is 5.75 Å². The van der Waals surface area contributed by atoms with Crippen molar-refractivity contribution in [3.63, 3.8) is 0 Å². The molecule has 0 atom stereocenters. The van der Waals surface area contributed by atoms with E-state index in [1.54, 1.807) is 0 Å². The molecule has 0 saturated heterocycles. The summed E-state index contributed by atoms with van der Waals surface area (Å²) in [4.78, 5) is 25.3. The standard InChI is InChI=1S/C17H16O5S/c1-10-5-4-6-11(7-10)23-12-8-13(16(19)21-2)15(14(18)9-12)17(20)22-3/h4-9,18H,1-3H3. The molecular weight excluding hydrogens is 316 g/mol. The molecule has 0 bridgehead atoms. The molecule has 23 heavy (non-hydrogen) atoms. The normalized spacial score (nSPS) is 10.2. The predicted octanol–water partition coefficient (Wildman–Crippen LogP) is 3.43. The smallest absolute Gasteiger partial charge is 0.342 e. The fourth-order valence-electron chi connectivity index (χ4n) is 2.06. The number of carbonyl (C=O) groups is 2. The number of benzene rings is 2. The Bertz CT molecular complexity index is 755. The van der Waals surface area contributed by atoms with E-state index >= 15 is 0 Å². The van der Waals surface area contributed by atoms with E-state index in [0.717, 1.165) is 10.5 Å². The highest BCUT2D eigenvalue weighted by Crippen LogP contribution is 2.34. The molecule has 0 aromatic heterocycles. The summed E-state index contributed by atoms with van der Waals surface area (Å²) in [6.07, 6.45) is 0. The van der Waals surface area contributed by atoms with Gasteiger partial charge in [0.15, 0.2) is 0 Å². The van der Waals surface area contributed by atoms with Gasteiger partial charge >= 0.3 is 11.9 Å². The van der Waals surface area contributed by atoms with Gasteiger partial charge in [-0.2, -0.15) is 0 Å². The van der Waals surface area contributed by atoms with E-state index in [2.05, 4.69) is 9.47 Å². The summed E-state index contributed by atoms with van der Waals surface area (Å²) >= 11 is 1.37. The van der Waals surface area contributed by atoms with Gasteiger partial charge in [-0.1, -0.05) is 29.5 Å². The van der Waals surface area contributed by atoms with Crippen molar-refractivity contribution in [1.82, 2.24) is 0 Å². The van der Waals surface area contributed by atoms with Gasteiger partial charge in [-0.05, 0) is 31.2 Å². The Kier molecular flexibility index (Phi) is 5.28. The number of aromatic hydroxyl groups is 1. The largest absolute Gasteiger partial charge is 0.507 e. The summed E-state index contributed by atoms with van der Waals surface area (Å²) < 4.78 is 9.30. The van der Waals surface area contributed by atoms with Gasteiger partial charge in [0, 0.05) is 9.79 Å². The summed E-state index contributed by atoms with van der Waals surface area (Å²) in [5.41, 5.74) is 0.862. The van der Waals surface area contributed by atoms with Gasteiger partial charge in [-0.3, -0.25) is 0 Å². The van der Waals surface area contributed by atoms with Crippen LogP contribution in [0.1, 0.15) is 26.3 Å². The lowest BCUT2D eigenvalue weighted by Gasteiger charge is -2.11. The molecule has 2 aromatic carbocycles. The molecule has 0 amide bonds. The third-order valence-corrected chi connectivity index (χ3v) is 4.07. The first-order chi connectivity index (χ1) is 11.0. The van der Waals surface area contributed by atoms with Gasteiger partial charge in [0.2, 0.25) is 0 Å². The molecule has 0 fully saturated rings. The average molecular weight is 332 g/mol. The van der Waals surface area contributed by atoms with Gasteiger partial charge in [-0.25, -0.2) is 9.59 Å². The Morgan fingerprint density at radius 2 is 1.70 bits per heavy atom. The van der Waals surface area contributed by atoms with E-state index in [-0.39, 0.29) is 16.9 Å². The number of hydrogen-bond acceptors (Lipinski definition) is 6. The minimum Gasteiger partial charge on any atom is -0.507 e. The van der Waals surface area contributed by atoms with Crippen LogP contribution in [0.3, 0.4) is 0 Å². The van der Waals surface area contributed by atoms with Crippen molar-refractivity contribution in [1.29, 1.82) is 0 Å². The first-order valence-corrected chi connectivity index (χ1v) is 7.56. The van der Waals surface area contributed by atoms with Gasteiger partial charge in [-0.15, -0.1) is 0 Å². The summed E-state index contributed by atoms with van der Waals surface area (Å²) in [5.74, 6) is -1.84. The Morgan fingerprint density at radius 1 is 1.00 bits per heavy atom. The molecule has 2 rings (SSSR count). The number of esters is 2. The second-order valence-electron chi connectivity index (χ2n) is 4.77. The quantitative estimate of drug-likeness (QED) is 0.865. The molecule has 0 aliphatic rings. The van der Waals surface area contributed by atoms with Crippen molar-refractivity contribution in [2.75, 3.05) is 14.2 Å². The Labute approximate surface area is 138 Å². The van der Waals surface area contributed by atoms with Crippen molar-refractivity contribution in [2.45, 2.75) is 16.7 Å². The molecule has 0 saturated carbocycles. The zero-order chi connectivity index (χ0) is 17.0. The maximum Gasteiger partial charge on any atom is 0.342 e. The molecule has 0 spiro atoms. The van der Waals surface area contributed by atoms with Crippen molar-refractivity contribution < 1.29 is 24.2 Å². The fraction of sp³-hybridized carbons (Fsp3) is 0.176. The lowest BCUT2D eigenvalue weighted by atomic mass is 10.1. The number of phenolic OH excluding ortho intramolecular Hbond substituents is 1. The molecule has 0 heterocycles. The van der Waals surface area contributed by atoms with Gasteiger partial charge < -0.3 is 14.6 Å². The van der Waals surface area contributed by atoms with Crippen molar-refractivity contribution in [3.8, 4) is 5.75 Å². The fourth-order valence-corrected chi connectivity index (χ4v) is 3.07. The molecule has 0 aliphatic carbocycles. The number of rotatable bonds is 4. The number of methoxy groups -OCH3 is 2. The molecule has 6 heteroatoms. The van der Waals surface area contributed by atoms with Crippen molar-refractivity contribution >= 4 is 23.7 Å². The van der Waals surface area contributed by atoms with Crippen molar-refractivity contribution in [3.05, 3.63) is 53.1 Å². The third kappa shape index (κ3) is 3.84. The van der Waals surface area contributed by atoms with Gasteiger partial charge in [0.05, 0.1) is 19.8 Å². The van der Waals surface area contributed by atoms with Crippen LogP contribution in [-0.4, -0.2) is 31.3 Å². The maximum absolute atomic E-state index is 11.9. The van der Waals surface area contributed by atoms with Gasteiger partial charge in [0.25, 0.3) is 0 Å². The Morgan fingerprint density at radius 3 is 2.30 bits per heavy atom. The number of ether oxygens (including phenoxy) is 2. The SMILES string of the molecule is COC(=O)c1cc(Sc2cccc(C)c2)cc(O)c1C(=O)OC. The second-order valence-corrected chi connectivity index (χ2v) is 5.91. The average Bonchev–Trinajstić information content (AvgIpc) is 2.53. The van der Waals surface area contributed by atoms with Gasteiger partial charge in [0.1, 0.15) is 11.3 Å². The first-order valence-electron chi connectivity index (χ1n) is 6.74. The Hall–Kier alpha value is -2.47. The van der Waals surface area contributed by atoms with Crippen LogP contribution >= 0.6 is 11.8 Å². The van der Waals surface area contributed by atoms with Crippen LogP contribution in [0.25, 0.3) is 0 Å². The number of carbonyl (C=O) groups excluding carboxylic acids is 2. The minimum absolute atomic E-state index is 0.0329. The van der Waals surface area contributed by atoms with Crippen LogP contribution in [0.15, 0.2) is 46.2 Å². The first kappa shape index (κ1) is 16.9. The second kappa shape index (κ2) is 7.19. The monoisotopic (exact) mass is 332 g/mol. The van der Waals surface area contributed by atoms with Crippen molar-refractivity contribution in [2.24, 2.45) is 0 Å². The highest BCUT2D eigenvalue weighted by atomic mass is 32.2. The zero-order valence-electron chi connectivity index (χ0n) is 13.0. The van der Waals surface area contributed by atoms with Crippen LogP contribution in [-0.2, 0) is 9.47 Å². The third-order valence-electron chi connectivity index (χ3n) is 3.11. The highest BCUT2D eigenvalue weighted by molar-refractivity contribution is 7.99. The summed E-state index contributed by atoms with van der Waals surface area (Å²) in [6.45, 7) is 1.97. The van der Waals surface area contributed by atoms with Crippen LogP contribution < -0.4 is 0 Å². The molecular formula is C17H16O5S. The lowest BCUT2D eigenvalue weighted by Crippen LogP contribution is -2.12. The van der Waals surface area contributed by atoms with Crippen LogP contribution in [0.2, 0.25) is 0 Å². The van der Waals surface area contributed by atoms with Crippen LogP contribution in [0.4, 0.5) is 0 Å². The van der Waals surface area contributed by atoms with E-state index in [1.807, 2.05) is 31.2 Å². The molecule has 0 unspecified atom stereocenters.